The first-order chi connectivity index (χ1) is 12.9. The molecular weight excluding hydrogens is 348 g/mol. The molecule has 136 valence electrons. The highest BCUT2D eigenvalue weighted by atomic mass is 16.4. The molecule has 0 bridgehead atoms. The van der Waals surface area contributed by atoms with Gasteiger partial charge in [-0.3, -0.25) is 5.43 Å². The SMILES string of the molecule is Cc1cc(N/N=C\c2ccc(O)c(C(=O)O)c2)nc(-c2ccccc2O)n1. The van der Waals surface area contributed by atoms with E-state index in [1.807, 2.05) is 0 Å². The van der Waals surface area contributed by atoms with Gasteiger partial charge in [0.05, 0.1) is 11.8 Å². The summed E-state index contributed by atoms with van der Waals surface area (Å²) in [6, 6.07) is 12.6. The van der Waals surface area contributed by atoms with Gasteiger partial charge in [-0.05, 0) is 42.8 Å². The number of carboxylic acids is 1. The maximum absolute atomic E-state index is 11.0. The number of para-hydroxylation sites is 1. The van der Waals surface area contributed by atoms with Gasteiger partial charge in [-0.1, -0.05) is 12.1 Å². The number of aryl methyl sites for hydroxylation is 1. The average Bonchev–Trinajstić information content (AvgIpc) is 2.63. The lowest BCUT2D eigenvalue weighted by molar-refractivity contribution is 0.0693. The van der Waals surface area contributed by atoms with Gasteiger partial charge in [0.2, 0.25) is 0 Å². The van der Waals surface area contributed by atoms with Crippen molar-refractivity contribution in [3.63, 3.8) is 0 Å². The Morgan fingerprint density at radius 3 is 2.59 bits per heavy atom. The number of rotatable bonds is 5. The molecule has 1 heterocycles. The normalized spacial score (nSPS) is 10.9. The monoisotopic (exact) mass is 364 g/mol. The third kappa shape index (κ3) is 4.18. The van der Waals surface area contributed by atoms with Crippen molar-refractivity contribution in [1.29, 1.82) is 0 Å². The minimum atomic E-state index is -1.23. The Morgan fingerprint density at radius 1 is 1.07 bits per heavy atom. The van der Waals surface area contributed by atoms with E-state index in [1.165, 1.54) is 24.4 Å². The lowest BCUT2D eigenvalue weighted by Gasteiger charge is -2.07. The number of phenols is 2. The van der Waals surface area contributed by atoms with Crippen LogP contribution in [-0.4, -0.2) is 37.5 Å². The van der Waals surface area contributed by atoms with Crippen LogP contribution in [0.15, 0.2) is 53.6 Å². The summed E-state index contributed by atoms with van der Waals surface area (Å²) in [5.74, 6) is -0.707. The third-order valence-electron chi connectivity index (χ3n) is 3.64. The molecule has 1 aromatic heterocycles. The number of phenolic OH excluding ortho intramolecular Hbond substituents is 1. The highest BCUT2D eigenvalue weighted by Crippen LogP contribution is 2.26. The molecule has 8 heteroatoms. The smallest absolute Gasteiger partial charge is 0.339 e. The van der Waals surface area contributed by atoms with Crippen LogP contribution < -0.4 is 5.43 Å². The molecule has 0 aliphatic rings. The summed E-state index contributed by atoms with van der Waals surface area (Å²) in [6.07, 6.45) is 1.41. The number of nitrogens with one attached hydrogen (secondary N) is 1. The second-order valence-corrected chi connectivity index (χ2v) is 5.69. The molecule has 8 nitrogen and oxygen atoms in total. The van der Waals surface area contributed by atoms with E-state index in [2.05, 4.69) is 20.5 Å². The molecule has 0 saturated heterocycles. The number of aromatic hydroxyl groups is 2. The largest absolute Gasteiger partial charge is 0.507 e. The van der Waals surface area contributed by atoms with Crippen LogP contribution in [0.25, 0.3) is 11.4 Å². The topological polar surface area (TPSA) is 128 Å². The van der Waals surface area contributed by atoms with Gasteiger partial charge in [0.25, 0.3) is 0 Å². The summed E-state index contributed by atoms with van der Waals surface area (Å²) in [6.45, 7) is 1.79. The summed E-state index contributed by atoms with van der Waals surface area (Å²) in [5.41, 5.74) is 4.21. The maximum atomic E-state index is 11.0. The van der Waals surface area contributed by atoms with Crippen molar-refractivity contribution >= 4 is 18.0 Å². The van der Waals surface area contributed by atoms with Crippen LogP contribution in [0.4, 0.5) is 5.82 Å². The standard InChI is InChI=1S/C19H16N4O4/c1-11-8-17(22-18(21-11)13-4-2-3-5-15(13)24)23-20-10-12-6-7-16(25)14(9-12)19(26)27/h2-10,24-25H,1H3,(H,26,27)(H,21,22,23)/b20-10-. The number of carbonyl (C=O) groups is 1. The Balaban J connectivity index is 1.83. The van der Waals surface area contributed by atoms with Crippen LogP contribution in [0.2, 0.25) is 0 Å². The molecule has 0 aliphatic heterocycles. The minimum absolute atomic E-state index is 0.0721. The number of anilines is 1. The molecule has 0 atom stereocenters. The van der Waals surface area contributed by atoms with Crippen molar-refractivity contribution < 1.29 is 20.1 Å². The summed E-state index contributed by atoms with van der Waals surface area (Å²) in [7, 11) is 0. The number of hydrazone groups is 1. The van der Waals surface area contributed by atoms with E-state index in [0.29, 0.717) is 28.5 Å². The van der Waals surface area contributed by atoms with Gasteiger partial charge in [0.1, 0.15) is 17.1 Å². The zero-order chi connectivity index (χ0) is 19.4. The zero-order valence-corrected chi connectivity index (χ0v) is 14.3. The van der Waals surface area contributed by atoms with E-state index in [4.69, 9.17) is 5.11 Å². The minimum Gasteiger partial charge on any atom is -0.507 e. The number of carboxylic acid groups (broad SMARTS) is 1. The molecule has 0 aliphatic carbocycles. The molecule has 0 amide bonds. The van der Waals surface area contributed by atoms with Crippen LogP contribution in [0, 0.1) is 6.92 Å². The van der Waals surface area contributed by atoms with E-state index in [0.717, 1.165) is 0 Å². The van der Waals surface area contributed by atoms with Gasteiger partial charge in [-0.2, -0.15) is 5.10 Å². The van der Waals surface area contributed by atoms with Crippen LogP contribution >= 0.6 is 0 Å². The molecule has 3 rings (SSSR count). The third-order valence-corrected chi connectivity index (χ3v) is 3.64. The Labute approximate surface area is 154 Å². The fourth-order valence-electron chi connectivity index (χ4n) is 2.39. The summed E-state index contributed by atoms with van der Waals surface area (Å²) >= 11 is 0. The van der Waals surface area contributed by atoms with E-state index in [1.54, 1.807) is 37.3 Å². The lowest BCUT2D eigenvalue weighted by Crippen LogP contribution is -2.00. The first kappa shape index (κ1) is 17.9. The lowest BCUT2D eigenvalue weighted by atomic mass is 10.1. The number of hydrogen-bond donors (Lipinski definition) is 4. The maximum Gasteiger partial charge on any atom is 0.339 e. The van der Waals surface area contributed by atoms with E-state index in [9.17, 15) is 15.0 Å². The molecular formula is C19H16N4O4. The second-order valence-electron chi connectivity index (χ2n) is 5.69. The van der Waals surface area contributed by atoms with Gasteiger partial charge in [-0.15, -0.1) is 0 Å². The second kappa shape index (κ2) is 7.52. The highest BCUT2D eigenvalue weighted by molar-refractivity contribution is 5.93. The molecule has 0 fully saturated rings. The first-order valence-electron chi connectivity index (χ1n) is 7.93. The number of aromatic carboxylic acids is 1. The van der Waals surface area contributed by atoms with Crippen molar-refractivity contribution in [2.24, 2.45) is 5.10 Å². The first-order valence-corrected chi connectivity index (χ1v) is 7.93. The predicted molar refractivity (Wildman–Crippen MR) is 100 cm³/mol. The molecule has 3 aromatic rings. The van der Waals surface area contributed by atoms with E-state index in [-0.39, 0.29) is 17.1 Å². The number of benzene rings is 2. The predicted octanol–water partition coefficient (Wildman–Crippen LogP) is 3.01. The van der Waals surface area contributed by atoms with Gasteiger partial charge in [-0.25, -0.2) is 14.8 Å². The average molecular weight is 364 g/mol. The number of aromatic nitrogens is 2. The molecule has 4 N–H and O–H groups in total. The quantitative estimate of drug-likeness (QED) is 0.405. The molecule has 2 aromatic carbocycles. The van der Waals surface area contributed by atoms with Gasteiger partial charge in [0, 0.05) is 11.8 Å². The van der Waals surface area contributed by atoms with Crippen molar-refractivity contribution in [2.45, 2.75) is 6.92 Å². The molecule has 0 spiro atoms. The Kier molecular flexibility index (Phi) is 4.98. The van der Waals surface area contributed by atoms with Crippen molar-refractivity contribution in [3.05, 3.63) is 65.4 Å². The van der Waals surface area contributed by atoms with E-state index >= 15 is 0 Å². The molecule has 0 saturated carbocycles. The van der Waals surface area contributed by atoms with Crippen molar-refractivity contribution in [1.82, 2.24) is 9.97 Å². The Bertz CT molecular complexity index is 1030. The van der Waals surface area contributed by atoms with E-state index < -0.39 is 5.97 Å². The number of nitrogens with zero attached hydrogens (tertiary/aromatic N) is 3. The van der Waals surface area contributed by atoms with Crippen molar-refractivity contribution in [3.8, 4) is 22.9 Å². The van der Waals surface area contributed by atoms with Crippen molar-refractivity contribution in [2.75, 3.05) is 5.43 Å². The van der Waals surface area contributed by atoms with Gasteiger partial charge in [0.15, 0.2) is 11.6 Å². The summed E-state index contributed by atoms with van der Waals surface area (Å²) < 4.78 is 0. The molecule has 0 unspecified atom stereocenters. The van der Waals surface area contributed by atoms with Crippen LogP contribution in [0.1, 0.15) is 21.6 Å². The highest BCUT2D eigenvalue weighted by Gasteiger charge is 2.10. The zero-order valence-electron chi connectivity index (χ0n) is 14.3. The fraction of sp³-hybridized carbons (Fsp3) is 0.0526. The number of hydrogen-bond acceptors (Lipinski definition) is 7. The van der Waals surface area contributed by atoms with Gasteiger partial charge < -0.3 is 15.3 Å². The summed E-state index contributed by atoms with van der Waals surface area (Å²) in [5, 5.41) is 32.6. The molecule has 0 radical (unpaired) electrons. The fourth-order valence-corrected chi connectivity index (χ4v) is 2.39. The molecule has 27 heavy (non-hydrogen) atoms. The van der Waals surface area contributed by atoms with Crippen LogP contribution in [0.3, 0.4) is 0 Å². The van der Waals surface area contributed by atoms with Crippen LogP contribution in [-0.2, 0) is 0 Å². The van der Waals surface area contributed by atoms with Gasteiger partial charge >= 0.3 is 5.97 Å². The van der Waals surface area contributed by atoms with Crippen LogP contribution in [0.5, 0.6) is 11.5 Å². The Hall–Kier alpha value is -3.94. The summed E-state index contributed by atoms with van der Waals surface area (Å²) in [4.78, 5) is 19.7. The Morgan fingerprint density at radius 2 is 1.85 bits per heavy atom.